The summed E-state index contributed by atoms with van der Waals surface area (Å²) < 4.78 is 0. The molecule has 0 heterocycles. The normalized spacial score (nSPS) is 8.00. The number of rotatable bonds is 3. The standard InChI is InChI=1S/C4H12N6.C3H9N7.C2H7N5/c5-3(6)9-1-2-10-4(7)8;4-1(5)9-3(8)10-2(6)7;3-1(4)7-2(5)6/h1-2H2,(H4,5,6,9)(H4,7,8,10);(H9,4,5,6,7,8,9,10);(H7,3,4,5,6,7). The van der Waals surface area contributed by atoms with Crippen molar-refractivity contribution < 1.29 is 0 Å². The molecule has 0 aromatic rings. The van der Waals surface area contributed by atoms with Gasteiger partial charge in [-0.3, -0.25) is 31.9 Å². The first-order valence-electron chi connectivity index (χ1n) is 6.64. The Balaban J connectivity index is -0.000000326. The summed E-state index contributed by atoms with van der Waals surface area (Å²) in [5.74, 6) is -1.58. The molecule has 0 fully saturated rings. The van der Waals surface area contributed by atoms with E-state index in [1.165, 1.54) is 0 Å². The molecule has 0 spiro atoms. The van der Waals surface area contributed by atoms with Gasteiger partial charge in [0.1, 0.15) is 0 Å². The molecule has 24 N–H and O–H groups in total. The van der Waals surface area contributed by atoms with E-state index in [1.54, 1.807) is 0 Å². The van der Waals surface area contributed by atoms with Gasteiger partial charge in [0.25, 0.3) is 0 Å². The number of nitrogens with zero attached hydrogens (tertiary/aromatic N) is 3. The number of aliphatic imine (C=N–C) groups is 3. The highest BCUT2D eigenvalue weighted by atomic mass is 15.1. The van der Waals surface area contributed by atoms with Gasteiger partial charge < -0.3 is 56.9 Å². The van der Waals surface area contributed by atoms with Crippen LogP contribution in [0.4, 0.5) is 0 Å². The Morgan fingerprint density at radius 3 is 1.26 bits per heavy atom. The number of nitrogens with two attached hydrogens (primary N) is 9. The van der Waals surface area contributed by atoms with Crippen LogP contribution in [0.3, 0.4) is 0 Å². The molecule has 0 aliphatic heterocycles. The van der Waals surface area contributed by atoms with Crippen LogP contribution in [0.5, 0.6) is 0 Å². The summed E-state index contributed by atoms with van der Waals surface area (Å²) in [5, 5.41) is 31.1. The van der Waals surface area contributed by atoms with Crippen LogP contribution in [-0.2, 0) is 0 Å². The van der Waals surface area contributed by atoms with Gasteiger partial charge in [0.15, 0.2) is 35.8 Å². The predicted molar refractivity (Wildman–Crippen MR) is 107 cm³/mol. The quantitative estimate of drug-likeness (QED) is 0.122. The van der Waals surface area contributed by atoms with Crippen molar-refractivity contribution in [2.45, 2.75) is 0 Å². The lowest BCUT2D eigenvalue weighted by Crippen LogP contribution is -2.39. The van der Waals surface area contributed by atoms with Crippen LogP contribution in [0, 0.1) is 21.6 Å². The number of nitrogens with one attached hydrogen (secondary N) is 6. The number of hydrogen-bond donors (Lipinski definition) is 15. The molecular formula is C9H28N18. The molecule has 18 heteroatoms. The number of hydrogen-bond acceptors (Lipinski definition) is 5. The molecule has 0 bridgehead atoms. The van der Waals surface area contributed by atoms with Gasteiger partial charge in [0, 0.05) is 6.54 Å². The van der Waals surface area contributed by atoms with Crippen LogP contribution < -0.4 is 62.2 Å². The van der Waals surface area contributed by atoms with E-state index in [2.05, 4.69) is 20.3 Å². The zero-order valence-electron chi connectivity index (χ0n) is 14.5. The molecule has 0 aromatic carbocycles. The smallest absolute Gasteiger partial charge is 0.248 e. The van der Waals surface area contributed by atoms with Gasteiger partial charge in [0.2, 0.25) is 5.96 Å². The molecule has 18 nitrogen and oxygen atoms in total. The molecule has 0 unspecified atom stereocenters. The first-order chi connectivity index (χ1) is 12.3. The minimum atomic E-state index is -0.417. The van der Waals surface area contributed by atoms with Crippen LogP contribution in [0.2, 0.25) is 0 Å². The first-order valence-corrected chi connectivity index (χ1v) is 6.64. The van der Waals surface area contributed by atoms with E-state index in [-0.39, 0.29) is 35.8 Å². The number of guanidine groups is 7. The van der Waals surface area contributed by atoms with E-state index in [1.807, 2.05) is 5.32 Å². The fourth-order valence-electron chi connectivity index (χ4n) is 0.790. The van der Waals surface area contributed by atoms with Gasteiger partial charge in [0.05, 0.1) is 6.54 Å². The van der Waals surface area contributed by atoms with E-state index in [9.17, 15) is 0 Å². The van der Waals surface area contributed by atoms with Gasteiger partial charge in [-0.1, -0.05) is 0 Å². The molecule has 0 saturated heterocycles. The highest BCUT2D eigenvalue weighted by Crippen LogP contribution is 1.74. The van der Waals surface area contributed by atoms with E-state index in [4.69, 9.17) is 73.2 Å². The summed E-state index contributed by atoms with van der Waals surface area (Å²) in [6, 6.07) is 0. The Morgan fingerprint density at radius 2 is 1.04 bits per heavy atom. The molecule has 27 heavy (non-hydrogen) atoms. The maximum atomic E-state index is 6.85. The second kappa shape index (κ2) is 16.4. The monoisotopic (exact) mass is 388 g/mol. The second-order valence-corrected chi connectivity index (χ2v) is 4.00. The average molecular weight is 388 g/mol. The van der Waals surface area contributed by atoms with E-state index in [0.717, 1.165) is 0 Å². The van der Waals surface area contributed by atoms with E-state index in [0.29, 0.717) is 13.1 Å². The fourth-order valence-corrected chi connectivity index (χ4v) is 0.790. The Bertz CT molecular complexity index is 540. The summed E-state index contributed by atoms with van der Waals surface area (Å²) in [6.07, 6.45) is 0. The van der Waals surface area contributed by atoms with E-state index < -0.39 is 5.96 Å². The van der Waals surface area contributed by atoms with Crippen LogP contribution in [0.1, 0.15) is 0 Å². The van der Waals surface area contributed by atoms with Crippen molar-refractivity contribution in [1.82, 2.24) is 10.6 Å². The molecule has 154 valence electrons. The van der Waals surface area contributed by atoms with Crippen molar-refractivity contribution in [1.29, 1.82) is 21.6 Å². The lowest BCUT2D eigenvalue weighted by Gasteiger charge is -1.98. The van der Waals surface area contributed by atoms with Crippen LogP contribution >= 0.6 is 0 Å². The summed E-state index contributed by atoms with van der Waals surface area (Å²) in [5.41, 5.74) is 44.1. The molecular weight excluding hydrogens is 360 g/mol. The fraction of sp³-hybridized carbons (Fsp3) is 0.222. The van der Waals surface area contributed by atoms with Crippen molar-refractivity contribution in [3.05, 3.63) is 0 Å². The average Bonchev–Trinajstić information content (AvgIpc) is 2.41. The maximum Gasteiger partial charge on any atom is 0.248 e. The molecule has 0 saturated carbocycles. The highest BCUT2D eigenvalue weighted by molar-refractivity contribution is 5.98. The zero-order chi connectivity index (χ0) is 22.0. The molecule has 0 atom stereocenters. The maximum absolute atomic E-state index is 6.85. The lowest BCUT2D eigenvalue weighted by atomic mass is 10.6. The summed E-state index contributed by atoms with van der Waals surface area (Å²) in [6.45, 7) is 0.912. The van der Waals surface area contributed by atoms with Crippen molar-refractivity contribution in [3.63, 3.8) is 0 Å². The SMILES string of the molecule is N=C(N)NC(=N)N.N=C(N)NCCN=C(N)N.N=C(N=C(N)N)N=C(N)N. The van der Waals surface area contributed by atoms with Gasteiger partial charge >= 0.3 is 0 Å². The van der Waals surface area contributed by atoms with Crippen LogP contribution in [0.25, 0.3) is 0 Å². The minimum Gasteiger partial charge on any atom is -0.370 e. The highest BCUT2D eigenvalue weighted by Gasteiger charge is 1.89. The molecule has 0 aliphatic carbocycles. The molecule has 0 radical (unpaired) electrons. The third kappa shape index (κ3) is 38.9. The minimum absolute atomic E-state index is 0.0466. The van der Waals surface area contributed by atoms with Crippen LogP contribution in [0.15, 0.2) is 15.0 Å². The van der Waals surface area contributed by atoms with Gasteiger partial charge in [-0.2, -0.15) is 9.98 Å². The van der Waals surface area contributed by atoms with Gasteiger partial charge in [-0.25, -0.2) is 0 Å². The zero-order valence-corrected chi connectivity index (χ0v) is 14.5. The van der Waals surface area contributed by atoms with Crippen molar-refractivity contribution >= 4 is 41.7 Å². The van der Waals surface area contributed by atoms with Gasteiger partial charge in [-0.05, 0) is 0 Å². The Morgan fingerprint density at radius 1 is 0.630 bits per heavy atom. The van der Waals surface area contributed by atoms with E-state index >= 15 is 0 Å². The lowest BCUT2D eigenvalue weighted by molar-refractivity contribution is 0.862. The molecule has 0 aromatic heterocycles. The molecule has 0 aliphatic rings. The second-order valence-electron chi connectivity index (χ2n) is 4.00. The summed E-state index contributed by atoms with van der Waals surface area (Å²) >= 11 is 0. The Kier molecular flexibility index (Phi) is 16.6. The summed E-state index contributed by atoms with van der Waals surface area (Å²) in [4.78, 5) is 10.1. The van der Waals surface area contributed by atoms with Crippen molar-refractivity contribution in [2.24, 2.45) is 66.6 Å². The topological polar surface area (TPSA) is 391 Å². The summed E-state index contributed by atoms with van der Waals surface area (Å²) in [7, 11) is 0. The Hall–Kier alpha value is -4.51. The van der Waals surface area contributed by atoms with Gasteiger partial charge in [-0.15, -0.1) is 0 Å². The molecule has 0 rings (SSSR count). The Labute approximate surface area is 154 Å². The third-order valence-electron chi connectivity index (χ3n) is 1.46. The van der Waals surface area contributed by atoms with Crippen molar-refractivity contribution in [3.8, 4) is 0 Å². The molecule has 0 amide bonds. The van der Waals surface area contributed by atoms with Crippen molar-refractivity contribution in [2.75, 3.05) is 13.1 Å². The van der Waals surface area contributed by atoms with Crippen LogP contribution in [-0.4, -0.2) is 54.8 Å². The predicted octanol–water partition coefficient (Wildman–Crippen LogP) is -6.43. The third-order valence-corrected chi connectivity index (χ3v) is 1.46. The largest absolute Gasteiger partial charge is 0.370 e. The first kappa shape index (κ1) is 27.3.